The SMILES string of the molecule is N#Cc1ccc(C(=O)OCc2cc3ccccc3nc2Cl)cc1. The first kappa shape index (κ1) is 15.0. The maximum absolute atomic E-state index is 12.0. The van der Waals surface area contributed by atoms with E-state index in [4.69, 9.17) is 21.6 Å². The van der Waals surface area contributed by atoms with E-state index in [-0.39, 0.29) is 6.61 Å². The van der Waals surface area contributed by atoms with Crippen LogP contribution in [0, 0.1) is 11.3 Å². The summed E-state index contributed by atoms with van der Waals surface area (Å²) in [6.45, 7) is 0.0372. The summed E-state index contributed by atoms with van der Waals surface area (Å²) in [4.78, 5) is 16.3. The quantitative estimate of drug-likeness (QED) is 0.537. The van der Waals surface area contributed by atoms with E-state index in [2.05, 4.69) is 4.98 Å². The Bertz CT molecular complexity index is 914. The molecule has 0 fully saturated rings. The Hall–Kier alpha value is -2.90. The van der Waals surface area contributed by atoms with Crippen LogP contribution in [0.5, 0.6) is 0 Å². The van der Waals surface area contributed by atoms with Gasteiger partial charge < -0.3 is 4.74 Å². The number of benzene rings is 2. The Morgan fingerprint density at radius 1 is 1.17 bits per heavy atom. The zero-order chi connectivity index (χ0) is 16.2. The predicted molar refractivity (Wildman–Crippen MR) is 87.0 cm³/mol. The molecule has 0 radical (unpaired) electrons. The van der Waals surface area contributed by atoms with Crippen LogP contribution in [0.25, 0.3) is 10.9 Å². The van der Waals surface area contributed by atoms with Crippen LogP contribution < -0.4 is 0 Å². The van der Waals surface area contributed by atoms with Gasteiger partial charge in [-0.05, 0) is 36.4 Å². The van der Waals surface area contributed by atoms with Gasteiger partial charge >= 0.3 is 5.97 Å². The minimum Gasteiger partial charge on any atom is -0.457 e. The molecule has 0 aliphatic carbocycles. The summed E-state index contributed by atoms with van der Waals surface area (Å²) in [5.41, 5.74) is 2.31. The molecule has 4 nitrogen and oxygen atoms in total. The Morgan fingerprint density at radius 2 is 1.91 bits per heavy atom. The van der Waals surface area contributed by atoms with Crippen molar-refractivity contribution in [1.82, 2.24) is 4.98 Å². The van der Waals surface area contributed by atoms with Crippen molar-refractivity contribution in [3.8, 4) is 6.07 Å². The molecule has 0 N–H and O–H groups in total. The lowest BCUT2D eigenvalue weighted by Crippen LogP contribution is -2.06. The molecular weight excluding hydrogens is 312 g/mol. The van der Waals surface area contributed by atoms with Crippen molar-refractivity contribution in [1.29, 1.82) is 5.26 Å². The van der Waals surface area contributed by atoms with Gasteiger partial charge in [-0.3, -0.25) is 0 Å². The number of para-hydroxylation sites is 1. The van der Waals surface area contributed by atoms with Crippen LogP contribution >= 0.6 is 11.6 Å². The second kappa shape index (κ2) is 6.47. The van der Waals surface area contributed by atoms with Gasteiger partial charge in [0, 0.05) is 10.9 Å². The molecule has 0 aliphatic heterocycles. The minimum absolute atomic E-state index is 0.0372. The van der Waals surface area contributed by atoms with Crippen molar-refractivity contribution in [2.75, 3.05) is 0 Å². The molecule has 3 rings (SSSR count). The number of carbonyl (C=O) groups is 1. The second-order valence-corrected chi connectivity index (χ2v) is 5.25. The van der Waals surface area contributed by atoms with Crippen molar-refractivity contribution in [3.05, 3.63) is 76.4 Å². The van der Waals surface area contributed by atoms with E-state index in [1.54, 1.807) is 24.3 Å². The molecule has 0 aliphatic rings. The highest BCUT2D eigenvalue weighted by Crippen LogP contribution is 2.21. The molecule has 0 saturated carbocycles. The van der Waals surface area contributed by atoms with Gasteiger partial charge in [-0.2, -0.15) is 5.26 Å². The Balaban J connectivity index is 1.76. The van der Waals surface area contributed by atoms with E-state index < -0.39 is 5.97 Å². The Labute approximate surface area is 137 Å². The lowest BCUT2D eigenvalue weighted by molar-refractivity contribution is 0.0472. The van der Waals surface area contributed by atoms with Crippen LogP contribution in [-0.4, -0.2) is 11.0 Å². The van der Waals surface area contributed by atoms with Crippen molar-refractivity contribution >= 4 is 28.5 Å². The average Bonchev–Trinajstić information content (AvgIpc) is 2.59. The first-order chi connectivity index (χ1) is 11.2. The number of rotatable bonds is 3. The first-order valence-electron chi connectivity index (χ1n) is 6.89. The number of carbonyl (C=O) groups excluding carboxylic acids is 1. The summed E-state index contributed by atoms with van der Waals surface area (Å²) >= 11 is 6.13. The zero-order valence-corrected chi connectivity index (χ0v) is 12.7. The molecular formula is C18H11ClN2O2. The van der Waals surface area contributed by atoms with Crippen molar-refractivity contribution in [2.24, 2.45) is 0 Å². The van der Waals surface area contributed by atoms with Gasteiger partial charge in [0.2, 0.25) is 0 Å². The van der Waals surface area contributed by atoms with Gasteiger partial charge in [-0.15, -0.1) is 0 Å². The summed E-state index contributed by atoms with van der Waals surface area (Å²) in [5.74, 6) is -0.473. The largest absolute Gasteiger partial charge is 0.457 e. The highest BCUT2D eigenvalue weighted by atomic mass is 35.5. The number of hydrogen-bond acceptors (Lipinski definition) is 4. The zero-order valence-electron chi connectivity index (χ0n) is 12.0. The number of nitriles is 1. The predicted octanol–water partition coefficient (Wildman–Crippen LogP) is 4.12. The van der Waals surface area contributed by atoms with Crippen LogP contribution in [-0.2, 0) is 11.3 Å². The van der Waals surface area contributed by atoms with E-state index in [1.807, 2.05) is 36.4 Å². The topological polar surface area (TPSA) is 63.0 Å². The first-order valence-corrected chi connectivity index (χ1v) is 7.26. The molecule has 23 heavy (non-hydrogen) atoms. The van der Waals surface area contributed by atoms with E-state index in [0.29, 0.717) is 21.8 Å². The number of esters is 1. The smallest absolute Gasteiger partial charge is 0.338 e. The van der Waals surface area contributed by atoms with E-state index in [1.165, 1.54) is 0 Å². The monoisotopic (exact) mass is 322 g/mol. The lowest BCUT2D eigenvalue weighted by Gasteiger charge is -2.08. The number of hydrogen-bond donors (Lipinski definition) is 0. The fourth-order valence-corrected chi connectivity index (χ4v) is 2.35. The summed E-state index contributed by atoms with van der Waals surface area (Å²) in [6.07, 6.45) is 0. The Morgan fingerprint density at radius 3 is 2.65 bits per heavy atom. The fraction of sp³-hybridized carbons (Fsp3) is 0.0556. The molecule has 0 bridgehead atoms. The van der Waals surface area contributed by atoms with Gasteiger partial charge in [-0.25, -0.2) is 9.78 Å². The molecule has 3 aromatic rings. The third-order valence-electron chi connectivity index (χ3n) is 3.36. The molecule has 2 aromatic carbocycles. The van der Waals surface area contributed by atoms with Crippen LogP contribution in [0.2, 0.25) is 5.15 Å². The van der Waals surface area contributed by atoms with Crippen LogP contribution in [0.1, 0.15) is 21.5 Å². The number of halogens is 1. The van der Waals surface area contributed by atoms with Crippen LogP contribution in [0.3, 0.4) is 0 Å². The molecule has 5 heteroatoms. The highest BCUT2D eigenvalue weighted by Gasteiger charge is 2.10. The van der Waals surface area contributed by atoms with E-state index >= 15 is 0 Å². The van der Waals surface area contributed by atoms with Crippen LogP contribution in [0.15, 0.2) is 54.6 Å². The second-order valence-electron chi connectivity index (χ2n) is 4.90. The molecule has 0 atom stereocenters. The summed E-state index contributed by atoms with van der Waals surface area (Å²) < 4.78 is 5.27. The minimum atomic E-state index is -0.473. The molecule has 0 amide bonds. The molecule has 0 saturated heterocycles. The summed E-state index contributed by atoms with van der Waals surface area (Å²) in [5, 5.41) is 10.00. The lowest BCUT2D eigenvalue weighted by atomic mass is 10.1. The molecule has 0 spiro atoms. The summed E-state index contributed by atoms with van der Waals surface area (Å²) in [6, 6.07) is 17.7. The molecule has 1 aromatic heterocycles. The normalized spacial score (nSPS) is 10.3. The summed E-state index contributed by atoms with van der Waals surface area (Å²) in [7, 11) is 0. The van der Waals surface area contributed by atoms with Gasteiger partial charge in [0.15, 0.2) is 0 Å². The van der Waals surface area contributed by atoms with Gasteiger partial charge in [0.1, 0.15) is 11.8 Å². The number of ether oxygens (including phenoxy) is 1. The third-order valence-corrected chi connectivity index (χ3v) is 3.69. The maximum Gasteiger partial charge on any atom is 0.338 e. The van der Waals surface area contributed by atoms with Crippen molar-refractivity contribution in [3.63, 3.8) is 0 Å². The van der Waals surface area contributed by atoms with Gasteiger partial charge in [0.05, 0.1) is 22.7 Å². The van der Waals surface area contributed by atoms with Gasteiger partial charge in [0.25, 0.3) is 0 Å². The van der Waals surface area contributed by atoms with Crippen LogP contribution in [0.4, 0.5) is 0 Å². The number of aromatic nitrogens is 1. The third kappa shape index (κ3) is 3.31. The van der Waals surface area contributed by atoms with Gasteiger partial charge in [-0.1, -0.05) is 29.8 Å². The number of fused-ring (bicyclic) bond motifs is 1. The standard InChI is InChI=1S/C18H11ClN2O2/c19-17-15(9-14-3-1-2-4-16(14)21-17)11-23-18(22)13-7-5-12(10-20)6-8-13/h1-9H,11H2. The molecule has 112 valence electrons. The maximum atomic E-state index is 12.0. The highest BCUT2D eigenvalue weighted by molar-refractivity contribution is 6.30. The molecule has 1 heterocycles. The van der Waals surface area contributed by atoms with Crippen molar-refractivity contribution in [2.45, 2.75) is 6.61 Å². The van der Waals surface area contributed by atoms with E-state index in [0.717, 1.165) is 10.9 Å². The van der Waals surface area contributed by atoms with E-state index in [9.17, 15) is 4.79 Å². The average molecular weight is 323 g/mol. The number of nitrogens with zero attached hydrogens (tertiary/aromatic N) is 2. The number of pyridine rings is 1. The van der Waals surface area contributed by atoms with Crippen molar-refractivity contribution < 1.29 is 9.53 Å². The molecule has 0 unspecified atom stereocenters. The Kier molecular flexibility index (Phi) is 4.22. The fourth-order valence-electron chi connectivity index (χ4n) is 2.14.